The van der Waals surface area contributed by atoms with E-state index in [1.54, 1.807) is 11.1 Å². The number of halogens is 1. The average Bonchev–Trinajstić information content (AvgIpc) is 3.08. The van der Waals surface area contributed by atoms with Crippen LogP contribution >= 0.6 is 0 Å². The molecule has 1 amide bonds. The number of amides is 1. The van der Waals surface area contributed by atoms with Gasteiger partial charge in [0.25, 0.3) is 5.91 Å². The molecule has 5 nitrogen and oxygen atoms in total. The molecule has 1 saturated heterocycles. The Bertz CT molecular complexity index is 947. The van der Waals surface area contributed by atoms with E-state index < -0.39 is 5.67 Å². The van der Waals surface area contributed by atoms with Crippen molar-refractivity contribution in [3.63, 3.8) is 0 Å². The van der Waals surface area contributed by atoms with Gasteiger partial charge in [-0.25, -0.2) is 9.37 Å². The number of hydrogen-bond acceptors (Lipinski definition) is 3. The van der Waals surface area contributed by atoms with Crippen molar-refractivity contribution in [2.75, 3.05) is 24.5 Å². The molecule has 2 aromatic heterocycles. The zero-order valence-corrected chi connectivity index (χ0v) is 15.5. The van der Waals surface area contributed by atoms with Crippen LogP contribution in [0.15, 0.2) is 48.8 Å². The topological polar surface area (TPSA) is 41.4 Å². The van der Waals surface area contributed by atoms with Gasteiger partial charge in [0, 0.05) is 32.0 Å². The first-order valence-corrected chi connectivity index (χ1v) is 9.48. The van der Waals surface area contributed by atoms with Gasteiger partial charge in [0.15, 0.2) is 11.5 Å². The van der Waals surface area contributed by atoms with Gasteiger partial charge in [0.1, 0.15) is 5.54 Å². The van der Waals surface area contributed by atoms with Crippen molar-refractivity contribution in [3.8, 4) is 5.82 Å². The van der Waals surface area contributed by atoms with Crippen LogP contribution in [0.2, 0.25) is 0 Å². The highest BCUT2D eigenvalue weighted by Gasteiger charge is 2.57. The lowest BCUT2D eigenvalue weighted by Crippen LogP contribution is -2.53. The van der Waals surface area contributed by atoms with Crippen LogP contribution in [-0.4, -0.2) is 45.7 Å². The van der Waals surface area contributed by atoms with Crippen LogP contribution in [0.3, 0.4) is 0 Å². The third kappa shape index (κ3) is 2.28. The molecular weight excluding hydrogens is 343 g/mol. The van der Waals surface area contributed by atoms with Gasteiger partial charge in [-0.2, -0.15) is 0 Å². The van der Waals surface area contributed by atoms with E-state index in [1.807, 2.05) is 25.3 Å². The van der Waals surface area contributed by atoms with Gasteiger partial charge in [0.05, 0.1) is 11.4 Å². The zero-order valence-electron chi connectivity index (χ0n) is 15.5. The Morgan fingerprint density at radius 1 is 1.30 bits per heavy atom. The van der Waals surface area contributed by atoms with Crippen molar-refractivity contribution in [1.29, 1.82) is 0 Å². The molecule has 1 unspecified atom stereocenters. The molecule has 2 fully saturated rings. The number of anilines is 1. The number of rotatable bonds is 3. The Morgan fingerprint density at radius 2 is 2.11 bits per heavy atom. The van der Waals surface area contributed by atoms with Crippen molar-refractivity contribution in [3.05, 3.63) is 54.5 Å². The summed E-state index contributed by atoms with van der Waals surface area (Å²) in [4.78, 5) is 21.3. The van der Waals surface area contributed by atoms with E-state index in [2.05, 4.69) is 33.2 Å². The minimum absolute atomic E-state index is 0.343. The van der Waals surface area contributed by atoms with Gasteiger partial charge in [-0.15, -0.1) is 0 Å². The molecule has 6 heteroatoms. The van der Waals surface area contributed by atoms with E-state index in [1.165, 1.54) is 0 Å². The average molecular weight is 366 g/mol. The summed E-state index contributed by atoms with van der Waals surface area (Å²) in [5, 5.41) is 0. The second-order valence-corrected chi connectivity index (χ2v) is 8.13. The van der Waals surface area contributed by atoms with Crippen molar-refractivity contribution in [2.45, 2.75) is 37.4 Å². The maximum Gasteiger partial charge on any atom is 0.260 e. The molecule has 1 saturated carbocycles. The van der Waals surface area contributed by atoms with Crippen LogP contribution in [0.5, 0.6) is 0 Å². The quantitative estimate of drug-likeness (QED) is 0.784. The fourth-order valence-electron chi connectivity index (χ4n) is 4.61. The molecule has 1 spiro atoms. The molecule has 27 heavy (non-hydrogen) atoms. The van der Waals surface area contributed by atoms with Gasteiger partial charge in [-0.1, -0.05) is 12.2 Å². The van der Waals surface area contributed by atoms with Gasteiger partial charge in [0.2, 0.25) is 0 Å². The predicted molar refractivity (Wildman–Crippen MR) is 102 cm³/mol. The number of pyridine rings is 1. The standard InChI is InChI=1S/C21H23FN4O/c1-15(2)13-26-16-5-3-10-23-18(16)25-11-4-6-17(25)21(26)9-12-24(14-21)19(27)20(22)7-8-20/h3-6,10-11H,1,7-9,12-14H2,2H3. The summed E-state index contributed by atoms with van der Waals surface area (Å²) in [5.74, 6) is 0.544. The Labute approximate surface area is 158 Å². The van der Waals surface area contributed by atoms with Crippen LogP contribution in [0.4, 0.5) is 10.1 Å². The first-order valence-electron chi connectivity index (χ1n) is 9.48. The maximum absolute atomic E-state index is 14.4. The fourth-order valence-corrected chi connectivity index (χ4v) is 4.61. The lowest BCUT2D eigenvalue weighted by molar-refractivity contribution is -0.137. The van der Waals surface area contributed by atoms with E-state index >= 15 is 0 Å². The van der Waals surface area contributed by atoms with Gasteiger partial charge < -0.3 is 14.4 Å². The minimum atomic E-state index is -1.62. The Hall–Kier alpha value is -2.63. The lowest BCUT2D eigenvalue weighted by Gasteiger charge is -2.47. The zero-order chi connectivity index (χ0) is 18.8. The molecule has 0 bridgehead atoms. The minimum Gasteiger partial charge on any atom is -0.351 e. The summed E-state index contributed by atoms with van der Waals surface area (Å²) in [6, 6.07) is 8.12. The molecule has 1 atom stereocenters. The lowest BCUT2D eigenvalue weighted by atomic mass is 9.88. The van der Waals surface area contributed by atoms with Crippen molar-refractivity contribution in [2.24, 2.45) is 0 Å². The number of nitrogens with zero attached hydrogens (tertiary/aromatic N) is 4. The van der Waals surface area contributed by atoms with Crippen LogP contribution in [0.25, 0.3) is 5.82 Å². The molecule has 140 valence electrons. The molecular formula is C21H23FN4O. The number of carbonyl (C=O) groups is 1. The van der Waals surface area contributed by atoms with E-state index in [0.717, 1.165) is 29.2 Å². The fraction of sp³-hybridized carbons (Fsp3) is 0.429. The predicted octanol–water partition coefficient (Wildman–Crippen LogP) is 3.20. The summed E-state index contributed by atoms with van der Waals surface area (Å²) in [5.41, 5.74) is 1.16. The Morgan fingerprint density at radius 3 is 2.85 bits per heavy atom. The summed E-state index contributed by atoms with van der Waals surface area (Å²) < 4.78 is 16.6. The molecule has 0 N–H and O–H groups in total. The second kappa shape index (κ2) is 5.44. The van der Waals surface area contributed by atoms with Crippen molar-refractivity contribution >= 4 is 11.6 Å². The molecule has 5 rings (SSSR count). The SMILES string of the molecule is C=C(C)CN1c2cccnc2-n2cccc2C12CCN(C(=O)C1(F)CC1)C2. The number of fused-ring (bicyclic) bond motifs is 4. The van der Waals surface area contributed by atoms with Crippen LogP contribution in [0.1, 0.15) is 31.9 Å². The first-order chi connectivity index (χ1) is 12.9. The van der Waals surface area contributed by atoms with E-state index in [0.29, 0.717) is 32.5 Å². The molecule has 2 aromatic rings. The molecule has 3 aliphatic rings. The highest BCUT2D eigenvalue weighted by atomic mass is 19.1. The smallest absolute Gasteiger partial charge is 0.260 e. The summed E-state index contributed by atoms with van der Waals surface area (Å²) >= 11 is 0. The largest absolute Gasteiger partial charge is 0.351 e. The third-order valence-corrected chi connectivity index (χ3v) is 6.06. The van der Waals surface area contributed by atoms with Crippen LogP contribution in [-0.2, 0) is 10.3 Å². The highest BCUT2D eigenvalue weighted by Crippen LogP contribution is 2.49. The molecule has 1 aliphatic carbocycles. The van der Waals surface area contributed by atoms with E-state index in [-0.39, 0.29) is 11.4 Å². The number of alkyl halides is 1. The maximum atomic E-state index is 14.4. The van der Waals surface area contributed by atoms with Gasteiger partial charge in [-0.05, 0) is 50.5 Å². The van der Waals surface area contributed by atoms with E-state index in [9.17, 15) is 9.18 Å². The molecule has 0 aromatic carbocycles. The van der Waals surface area contributed by atoms with Gasteiger partial charge >= 0.3 is 0 Å². The monoisotopic (exact) mass is 366 g/mol. The molecule has 0 radical (unpaired) electrons. The summed E-state index contributed by atoms with van der Waals surface area (Å²) in [6.07, 6.45) is 5.29. The van der Waals surface area contributed by atoms with Crippen molar-refractivity contribution in [1.82, 2.24) is 14.5 Å². The summed E-state index contributed by atoms with van der Waals surface area (Å²) in [7, 11) is 0. The van der Waals surface area contributed by atoms with E-state index in [4.69, 9.17) is 0 Å². The summed E-state index contributed by atoms with van der Waals surface area (Å²) in [6.45, 7) is 7.85. The second-order valence-electron chi connectivity index (χ2n) is 8.13. The van der Waals surface area contributed by atoms with Gasteiger partial charge in [-0.3, -0.25) is 4.79 Å². The number of aromatic nitrogens is 2. The number of likely N-dealkylation sites (tertiary alicyclic amines) is 1. The van der Waals surface area contributed by atoms with Crippen LogP contribution < -0.4 is 4.90 Å². The normalized spacial score (nSPS) is 24.7. The first kappa shape index (κ1) is 16.5. The third-order valence-electron chi connectivity index (χ3n) is 6.06. The highest BCUT2D eigenvalue weighted by molar-refractivity contribution is 5.88. The molecule has 4 heterocycles. The Kier molecular flexibility index (Phi) is 3.33. The number of hydrogen-bond donors (Lipinski definition) is 0. The Balaban J connectivity index is 1.62. The molecule has 2 aliphatic heterocycles. The number of carbonyl (C=O) groups excluding carboxylic acids is 1. The van der Waals surface area contributed by atoms with Crippen LogP contribution in [0, 0.1) is 0 Å². The van der Waals surface area contributed by atoms with Crippen molar-refractivity contribution < 1.29 is 9.18 Å².